The molecule has 2 rings (SSSR count). The van der Waals surface area contributed by atoms with Crippen LogP contribution in [0.4, 0.5) is 0 Å². The Kier molecular flexibility index (Phi) is 3.69. The van der Waals surface area contributed by atoms with Gasteiger partial charge in [0.1, 0.15) is 4.90 Å². The van der Waals surface area contributed by atoms with Crippen molar-refractivity contribution in [1.29, 1.82) is 0 Å². The molecule has 1 aliphatic carbocycles. The summed E-state index contributed by atoms with van der Waals surface area (Å²) in [6, 6.07) is 4.80. The molecule has 0 aromatic heterocycles. The number of rotatable bonds is 4. The van der Waals surface area contributed by atoms with E-state index >= 15 is 0 Å². The number of benzene rings is 1. The lowest BCUT2D eigenvalue weighted by atomic mass is 9.78. The molecule has 2 N–H and O–H groups in total. The summed E-state index contributed by atoms with van der Waals surface area (Å²) >= 11 is 5.97. The smallest absolute Gasteiger partial charge is 0.242 e. The van der Waals surface area contributed by atoms with Gasteiger partial charge in [0.2, 0.25) is 10.0 Å². The molecule has 0 radical (unpaired) electrons. The van der Waals surface area contributed by atoms with E-state index in [0.717, 1.165) is 12.0 Å². The van der Waals surface area contributed by atoms with Crippen LogP contribution in [0.15, 0.2) is 23.1 Å². The lowest BCUT2D eigenvalue weighted by molar-refractivity contribution is 0.110. The highest BCUT2D eigenvalue weighted by atomic mass is 35.5. The predicted octanol–water partition coefficient (Wildman–Crippen LogP) is 1.84. The van der Waals surface area contributed by atoms with E-state index in [-0.39, 0.29) is 16.5 Å². The van der Waals surface area contributed by atoms with Crippen LogP contribution < -0.4 is 4.72 Å². The normalized spacial score (nSPS) is 18.4. The molecule has 0 amide bonds. The Balaban J connectivity index is 2.31. The Labute approximate surface area is 112 Å². The lowest BCUT2D eigenvalue weighted by Gasteiger charge is -2.40. The van der Waals surface area contributed by atoms with E-state index in [4.69, 9.17) is 11.6 Å². The SMILES string of the molecule is Cc1ccc(S(=O)(=O)NC2(CO)CCC2)c(Cl)c1. The first kappa shape index (κ1) is 13.8. The van der Waals surface area contributed by atoms with Crippen LogP contribution in [0.2, 0.25) is 5.02 Å². The van der Waals surface area contributed by atoms with E-state index < -0.39 is 15.6 Å². The fourth-order valence-electron chi connectivity index (χ4n) is 2.06. The Hall–Kier alpha value is -0.620. The number of hydrogen-bond acceptors (Lipinski definition) is 3. The summed E-state index contributed by atoms with van der Waals surface area (Å²) in [6.45, 7) is 1.66. The van der Waals surface area contributed by atoms with E-state index in [9.17, 15) is 13.5 Å². The van der Waals surface area contributed by atoms with E-state index in [1.807, 2.05) is 6.92 Å². The minimum Gasteiger partial charge on any atom is -0.394 e. The zero-order valence-electron chi connectivity index (χ0n) is 10.1. The number of aliphatic hydroxyl groups excluding tert-OH is 1. The largest absolute Gasteiger partial charge is 0.394 e. The summed E-state index contributed by atoms with van der Waals surface area (Å²) < 4.78 is 27.0. The van der Waals surface area contributed by atoms with E-state index in [0.29, 0.717) is 12.8 Å². The summed E-state index contributed by atoms with van der Waals surface area (Å²) in [5, 5.41) is 9.50. The third-order valence-corrected chi connectivity index (χ3v) is 5.40. The third kappa shape index (κ3) is 2.54. The number of nitrogens with one attached hydrogen (secondary N) is 1. The van der Waals surface area contributed by atoms with Crippen molar-refractivity contribution in [2.75, 3.05) is 6.61 Å². The van der Waals surface area contributed by atoms with Crippen molar-refractivity contribution in [1.82, 2.24) is 4.72 Å². The number of aliphatic hydroxyl groups is 1. The standard InChI is InChI=1S/C12H16ClNO3S/c1-9-3-4-11(10(13)7-9)18(16,17)14-12(8-15)5-2-6-12/h3-4,7,14-15H,2,5-6,8H2,1H3. The van der Waals surface area contributed by atoms with Gasteiger partial charge in [-0.2, -0.15) is 0 Å². The monoisotopic (exact) mass is 289 g/mol. The predicted molar refractivity (Wildman–Crippen MR) is 70.2 cm³/mol. The summed E-state index contributed by atoms with van der Waals surface area (Å²) in [4.78, 5) is 0.0643. The van der Waals surface area contributed by atoms with Crippen molar-refractivity contribution in [3.05, 3.63) is 28.8 Å². The summed E-state index contributed by atoms with van der Waals surface area (Å²) in [5.41, 5.74) is 0.201. The van der Waals surface area contributed by atoms with Crippen LogP contribution in [0.5, 0.6) is 0 Å². The molecule has 1 aromatic rings. The Morgan fingerprint density at radius 1 is 1.44 bits per heavy atom. The molecule has 1 aliphatic rings. The maximum absolute atomic E-state index is 12.2. The number of aryl methyl sites for hydroxylation is 1. The molecular weight excluding hydrogens is 274 g/mol. The van der Waals surface area contributed by atoms with Crippen molar-refractivity contribution in [2.45, 2.75) is 36.6 Å². The number of sulfonamides is 1. The van der Waals surface area contributed by atoms with Gasteiger partial charge < -0.3 is 5.11 Å². The Morgan fingerprint density at radius 2 is 2.11 bits per heavy atom. The highest BCUT2D eigenvalue weighted by molar-refractivity contribution is 7.89. The molecule has 0 heterocycles. The second-order valence-corrected chi connectivity index (χ2v) is 6.89. The first-order valence-corrected chi connectivity index (χ1v) is 7.66. The molecule has 0 unspecified atom stereocenters. The van der Waals surface area contributed by atoms with Crippen LogP contribution in [0.1, 0.15) is 24.8 Å². The van der Waals surface area contributed by atoms with Crippen LogP contribution in [-0.4, -0.2) is 25.7 Å². The average molecular weight is 290 g/mol. The van der Waals surface area contributed by atoms with Gasteiger partial charge >= 0.3 is 0 Å². The average Bonchev–Trinajstić information content (AvgIpc) is 2.23. The van der Waals surface area contributed by atoms with Crippen LogP contribution >= 0.6 is 11.6 Å². The van der Waals surface area contributed by atoms with Gasteiger partial charge in [-0.3, -0.25) is 0 Å². The van der Waals surface area contributed by atoms with Gasteiger partial charge in [-0.1, -0.05) is 17.7 Å². The van der Waals surface area contributed by atoms with Gasteiger partial charge in [-0.25, -0.2) is 13.1 Å². The van der Waals surface area contributed by atoms with Gasteiger partial charge in [-0.15, -0.1) is 0 Å². The summed E-state index contributed by atoms with van der Waals surface area (Å²) in [7, 11) is -3.68. The summed E-state index contributed by atoms with van der Waals surface area (Å²) in [5.74, 6) is 0. The van der Waals surface area contributed by atoms with Crippen LogP contribution in [0.25, 0.3) is 0 Å². The Morgan fingerprint density at radius 3 is 2.56 bits per heavy atom. The van der Waals surface area contributed by atoms with Gasteiger partial charge in [0, 0.05) is 0 Å². The fourth-order valence-corrected chi connectivity index (χ4v) is 4.11. The molecule has 0 atom stereocenters. The number of hydrogen-bond donors (Lipinski definition) is 2. The minimum atomic E-state index is -3.68. The molecule has 0 saturated heterocycles. The second kappa shape index (κ2) is 4.81. The van der Waals surface area contributed by atoms with E-state index in [1.165, 1.54) is 6.07 Å². The van der Waals surface area contributed by atoms with Gasteiger partial charge in [0.05, 0.1) is 17.2 Å². The van der Waals surface area contributed by atoms with E-state index in [1.54, 1.807) is 12.1 Å². The van der Waals surface area contributed by atoms with Crippen molar-refractivity contribution in [2.24, 2.45) is 0 Å². The first-order chi connectivity index (χ1) is 8.38. The third-order valence-electron chi connectivity index (χ3n) is 3.34. The van der Waals surface area contributed by atoms with Crippen molar-refractivity contribution in [3.63, 3.8) is 0 Å². The van der Waals surface area contributed by atoms with E-state index in [2.05, 4.69) is 4.72 Å². The van der Waals surface area contributed by atoms with Gasteiger partial charge in [0.15, 0.2) is 0 Å². The second-order valence-electron chi connectivity index (χ2n) is 4.83. The molecule has 1 fully saturated rings. The van der Waals surface area contributed by atoms with Crippen molar-refractivity contribution in [3.8, 4) is 0 Å². The molecule has 4 nitrogen and oxygen atoms in total. The topological polar surface area (TPSA) is 66.4 Å². The minimum absolute atomic E-state index is 0.0643. The van der Waals surface area contributed by atoms with Gasteiger partial charge in [-0.05, 0) is 43.9 Å². The summed E-state index contributed by atoms with van der Waals surface area (Å²) in [6.07, 6.45) is 2.24. The van der Waals surface area contributed by atoms with Crippen LogP contribution in [-0.2, 0) is 10.0 Å². The highest BCUT2D eigenvalue weighted by Crippen LogP contribution is 2.33. The van der Waals surface area contributed by atoms with Crippen LogP contribution in [0.3, 0.4) is 0 Å². The quantitative estimate of drug-likeness (QED) is 0.889. The first-order valence-electron chi connectivity index (χ1n) is 5.80. The number of halogens is 1. The molecule has 100 valence electrons. The molecule has 0 spiro atoms. The zero-order valence-corrected chi connectivity index (χ0v) is 11.7. The maximum atomic E-state index is 12.2. The molecule has 18 heavy (non-hydrogen) atoms. The molecule has 6 heteroatoms. The highest BCUT2D eigenvalue weighted by Gasteiger charge is 2.40. The molecule has 0 bridgehead atoms. The van der Waals surface area contributed by atoms with Gasteiger partial charge in [0.25, 0.3) is 0 Å². The Bertz CT molecular complexity index is 547. The molecule has 0 aliphatic heterocycles. The van der Waals surface area contributed by atoms with Crippen LogP contribution in [0, 0.1) is 6.92 Å². The van der Waals surface area contributed by atoms with Crippen molar-refractivity contribution < 1.29 is 13.5 Å². The lowest BCUT2D eigenvalue weighted by Crippen LogP contribution is -2.55. The molecular formula is C12H16ClNO3S. The fraction of sp³-hybridized carbons (Fsp3) is 0.500. The maximum Gasteiger partial charge on any atom is 0.242 e. The molecule has 1 aromatic carbocycles. The molecule has 1 saturated carbocycles. The zero-order chi connectivity index (χ0) is 13.4. The van der Waals surface area contributed by atoms with Crippen molar-refractivity contribution >= 4 is 21.6 Å².